The fraction of sp³-hybridized carbons (Fsp3) is 0.0769. The summed E-state index contributed by atoms with van der Waals surface area (Å²) >= 11 is 0. The average Bonchev–Trinajstić information content (AvgIpc) is 2.39. The topological polar surface area (TPSA) is 77.2 Å². The molecule has 0 fully saturated rings. The van der Waals surface area contributed by atoms with Crippen molar-refractivity contribution in [1.29, 1.82) is 0 Å². The number of carbonyl (C=O) groups excluding carboxylic acids is 1. The lowest BCUT2D eigenvalue weighted by Gasteiger charge is -2.07. The van der Waals surface area contributed by atoms with E-state index in [1.54, 1.807) is 43.5 Å². The minimum atomic E-state index is -0.346. The van der Waals surface area contributed by atoms with Crippen LogP contribution in [0.3, 0.4) is 0 Å². The van der Waals surface area contributed by atoms with E-state index in [1.165, 1.54) is 6.20 Å². The Kier molecular flexibility index (Phi) is 3.43. The summed E-state index contributed by atoms with van der Waals surface area (Å²) in [6.45, 7) is 0. The lowest BCUT2D eigenvalue weighted by molar-refractivity contribution is 0.102. The smallest absolute Gasteiger partial charge is 0.276 e. The van der Waals surface area contributed by atoms with E-state index in [0.29, 0.717) is 17.1 Å². The van der Waals surface area contributed by atoms with Crippen LogP contribution in [0.1, 0.15) is 10.5 Å². The normalized spacial score (nSPS) is 9.83. The molecule has 1 aromatic heterocycles. The number of nitrogens with zero attached hydrogens (tertiary/aromatic N) is 1. The molecule has 1 amide bonds. The van der Waals surface area contributed by atoms with Crippen LogP contribution in [0.4, 0.5) is 11.4 Å². The number of methoxy groups -OCH3 is 1. The van der Waals surface area contributed by atoms with E-state index in [4.69, 9.17) is 10.5 Å². The maximum absolute atomic E-state index is 11.9. The van der Waals surface area contributed by atoms with E-state index in [0.717, 1.165) is 0 Å². The molecule has 0 unspecified atom stereocenters. The Morgan fingerprint density at radius 1 is 1.33 bits per heavy atom. The van der Waals surface area contributed by atoms with Gasteiger partial charge in [0, 0.05) is 18.0 Å². The van der Waals surface area contributed by atoms with Crippen LogP contribution in [0.2, 0.25) is 0 Å². The zero-order valence-corrected chi connectivity index (χ0v) is 9.88. The molecule has 0 spiro atoms. The van der Waals surface area contributed by atoms with E-state index >= 15 is 0 Å². The lowest BCUT2D eigenvalue weighted by atomic mass is 10.2. The Hall–Kier alpha value is -2.56. The molecule has 1 heterocycles. The highest BCUT2D eigenvalue weighted by molar-refractivity contribution is 6.06. The van der Waals surface area contributed by atoms with Gasteiger partial charge in [-0.3, -0.25) is 4.79 Å². The molecule has 5 nitrogen and oxygen atoms in total. The first-order chi connectivity index (χ1) is 8.70. The maximum atomic E-state index is 11.9. The van der Waals surface area contributed by atoms with Crippen molar-refractivity contribution in [1.82, 2.24) is 4.98 Å². The number of nitrogens with two attached hydrogens (primary N) is 1. The first-order valence-corrected chi connectivity index (χ1v) is 5.36. The number of hydrogen-bond acceptors (Lipinski definition) is 4. The minimum Gasteiger partial charge on any atom is -0.497 e. The second-order valence-corrected chi connectivity index (χ2v) is 3.63. The van der Waals surface area contributed by atoms with Crippen molar-refractivity contribution in [3.8, 4) is 5.75 Å². The number of anilines is 2. The van der Waals surface area contributed by atoms with Gasteiger partial charge in [-0.05, 0) is 24.3 Å². The summed E-state index contributed by atoms with van der Waals surface area (Å²) in [4.78, 5) is 15.9. The van der Waals surface area contributed by atoms with Gasteiger partial charge in [0.25, 0.3) is 5.91 Å². The quantitative estimate of drug-likeness (QED) is 0.863. The van der Waals surface area contributed by atoms with Crippen LogP contribution in [-0.2, 0) is 0 Å². The van der Waals surface area contributed by atoms with Gasteiger partial charge in [-0.25, -0.2) is 4.98 Å². The van der Waals surface area contributed by atoms with Gasteiger partial charge in [-0.15, -0.1) is 0 Å². The molecule has 0 radical (unpaired) electrons. The monoisotopic (exact) mass is 243 g/mol. The highest BCUT2D eigenvalue weighted by Gasteiger charge is 2.10. The molecule has 3 N–H and O–H groups in total. The SMILES string of the molecule is COc1cccc(NC(=O)c2ncccc2N)c1. The highest BCUT2D eigenvalue weighted by Crippen LogP contribution is 2.18. The molecular formula is C13H13N3O2. The zero-order chi connectivity index (χ0) is 13.0. The molecule has 0 aliphatic carbocycles. The summed E-state index contributed by atoms with van der Waals surface area (Å²) in [7, 11) is 1.57. The summed E-state index contributed by atoms with van der Waals surface area (Å²) in [5.74, 6) is 0.322. The Bertz CT molecular complexity index is 570. The molecular weight excluding hydrogens is 230 g/mol. The van der Waals surface area contributed by atoms with Gasteiger partial charge in [-0.2, -0.15) is 0 Å². The van der Waals surface area contributed by atoms with Crippen LogP contribution in [0.5, 0.6) is 5.75 Å². The number of ether oxygens (including phenoxy) is 1. The fourth-order valence-corrected chi connectivity index (χ4v) is 1.50. The predicted octanol–water partition coefficient (Wildman–Crippen LogP) is 1.92. The van der Waals surface area contributed by atoms with Crippen molar-refractivity contribution in [2.24, 2.45) is 0 Å². The zero-order valence-electron chi connectivity index (χ0n) is 9.88. The van der Waals surface area contributed by atoms with Crippen LogP contribution in [0.15, 0.2) is 42.6 Å². The van der Waals surface area contributed by atoms with E-state index in [9.17, 15) is 4.79 Å². The van der Waals surface area contributed by atoms with Crippen molar-refractivity contribution >= 4 is 17.3 Å². The van der Waals surface area contributed by atoms with E-state index < -0.39 is 0 Å². The summed E-state index contributed by atoms with van der Waals surface area (Å²) in [5, 5.41) is 2.71. The molecule has 0 saturated carbocycles. The second-order valence-electron chi connectivity index (χ2n) is 3.63. The number of nitrogen functional groups attached to an aromatic ring is 1. The summed E-state index contributed by atoms with van der Waals surface area (Å²) in [6, 6.07) is 10.4. The molecule has 5 heteroatoms. The number of benzene rings is 1. The van der Waals surface area contributed by atoms with Gasteiger partial charge < -0.3 is 15.8 Å². The van der Waals surface area contributed by atoms with Gasteiger partial charge in [0.2, 0.25) is 0 Å². The van der Waals surface area contributed by atoms with E-state index in [1.807, 2.05) is 0 Å². The molecule has 1 aromatic carbocycles. The van der Waals surface area contributed by atoms with Crippen molar-refractivity contribution < 1.29 is 9.53 Å². The first kappa shape index (κ1) is 11.9. The van der Waals surface area contributed by atoms with E-state index in [-0.39, 0.29) is 11.6 Å². The highest BCUT2D eigenvalue weighted by atomic mass is 16.5. The molecule has 0 bridgehead atoms. The second kappa shape index (κ2) is 5.18. The molecule has 0 aliphatic heterocycles. The number of rotatable bonds is 3. The average molecular weight is 243 g/mol. The molecule has 18 heavy (non-hydrogen) atoms. The Morgan fingerprint density at radius 3 is 2.89 bits per heavy atom. The number of carbonyl (C=O) groups is 1. The number of hydrogen-bond donors (Lipinski definition) is 2. The molecule has 2 rings (SSSR count). The Balaban J connectivity index is 2.19. The number of amides is 1. The standard InChI is InChI=1S/C13H13N3O2/c1-18-10-5-2-4-9(8-10)16-13(17)12-11(14)6-3-7-15-12/h2-8H,14H2,1H3,(H,16,17). The molecule has 0 saturated heterocycles. The Labute approximate surface area is 105 Å². The van der Waals surface area contributed by atoms with Gasteiger partial charge in [0.1, 0.15) is 5.75 Å². The van der Waals surface area contributed by atoms with Crippen molar-refractivity contribution in [3.63, 3.8) is 0 Å². The summed E-state index contributed by atoms with van der Waals surface area (Å²) in [5.41, 5.74) is 6.87. The van der Waals surface area contributed by atoms with Crippen LogP contribution >= 0.6 is 0 Å². The summed E-state index contributed by atoms with van der Waals surface area (Å²) < 4.78 is 5.07. The van der Waals surface area contributed by atoms with Gasteiger partial charge >= 0.3 is 0 Å². The summed E-state index contributed by atoms with van der Waals surface area (Å²) in [6.07, 6.45) is 1.52. The third kappa shape index (κ3) is 2.57. The lowest BCUT2D eigenvalue weighted by Crippen LogP contribution is -2.15. The molecule has 2 aromatic rings. The first-order valence-electron chi connectivity index (χ1n) is 5.36. The molecule has 0 aliphatic rings. The Morgan fingerprint density at radius 2 is 2.17 bits per heavy atom. The van der Waals surface area contributed by atoms with Crippen LogP contribution in [0.25, 0.3) is 0 Å². The number of nitrogens with one attached hydrogen (secondary N) is 1. The predicted molar refractivity (Wildman–Crippen MR) is 69.6 cm³/mol. The van der Waals surface area contributed by atoms with Gasteiger partial charge in [0.15, 0.2) is 5.69 Å². The van der Waals surface area contributed by atoms with Crippen LogP contribution in [-0.4, -0.2) is 18.0 Å². The van der Waals surface area contributed by atoms with Crippen LogP contribution in [0, 0.1) is 0 Å². The third-order valence-corrected chi connectivity index (χ3v) is 2.38. The largest absolute Gasteiger partial charge is 0.497 e. The van der Waals surface area contributed by atoms with Gasteiger partial charge in [-0.1, -0.05) is 6.07 Å². The van der Waals surface area contributed by atoms with Crippen LogP contribution < -0.4 is 15.8 Å². The number of pyridine rings is 1. The van der Waals surface area contributed by atoms with Crippen molar-refractivity contribution in [2.75, 3.05) is 18.2 Å². The van der Waals surface area contributed by atoms with Gasteiger partial charge in [0.05, 0.1) is 12.8 Å². The maximum Gasteiger partial charge on any atom is 0.276 e. The van der Waals surface area contributed by atoms with Crippen molar-refractivity contribution in [2.45, 2.75) is 0 Å². The molecule has 0 atom stereocenters. The van der Waals surface area contributed by atoms with E-state index in [2.05, 4.69) is 10.3 Å². The fourth-order valence-electron chi connectivity index (χ4n) is 1.50. The van der Waals surface area contributed by atoms with Crippen molar-refractivity contribution in [3.05, 3.63) is 48.3 Å². The number of aromatic nitrogens is 1. The molecule has 92 valence electrons. The minimum absolute atomic E-state index is 0.209. The third-order valence-electron chi connectivity index (χ3n) is 2.38.